The Kier molecular flexibility index (Phi) is 5.45. The number of nitrogen functional groups attached to an aromatic ring is 1. The molecule has 0 spiro atoms. The number of benzene rings is 1. The minimum atomic E-state index is -1.14. The zero-order valence-electron chi connectivity index (χ0n) is 12.9. The molecule has 1 unspecified atom stereocenters. The first-order valence-corrected chi connectivity index (χ1v) is 6.98. The van der Waals surface area contributed by atoms with E-state index in [0.29, 0.717) is 11.3 Å². The summed E-state index contributed by atoms with van der Waals surface area (Å²) in [5.41, 5.74) is 12.4. The molecule has 1 heterocycles. The lowest BCUT2D eigenvalue weighted by Gasteiger charge is -2.12. The summed E-state index contributed by atoms with van der Waals surface area (Å²) in [5, 5.41) is 0. The van der Waals surface area contributed by atoms with Gasteiger partial charge in [-0.15, -0.1) is 0 Å². The molecule has 0 saturated heterocycles. The van der Waals surface area contributed by atoms with Crippen molar-refractivity contribution in [3.8, 4) is 0 Å². The van der Waals surface area contributed by atoms with Gasteiger partial charge in [-0.05, 0) is 36.4 Å². The van der Waals surface area contributed by atoms with Crippen LogP contribution in [0.4, 0.5) is 10.5 Å². The van der Waals surface area contributed by atoms with Gasteiger partial charge in [0, 0.05) is 24.4 Å². The molecule has 4 N–H and O–H groups in total. The average molecular weight is 328 g/mol. The number of nitrogens with zero attached hydrogens (tertiary/aromatic N) is 2. The van der Waals surface area contributed by atoms with E-state index >= 15 is 0 Å². The second kappa shape index (κ2) is 7.73. The molecule has 0 aliphatic carbocycles. The van der Waals surface area contributed by atoms with Gasteiger partial charge < -0.3 is 20.9 Å². The Morgan fingerprint density at radius 3 is 2.46 bits per heavy atom. The van der Waals surface area contributed by atoms with Gasteiger partial charge in [0.25, 0.3) is 0 Å². The van der Waals surface area contributed by atoms with Crippen molar-refractivity contribution in [2.45, 2.75) is 13.2 Å². The molecule has 0 bridgehead atoms. The highest BCUT2D eigenvalue weighted by Gasteiger charge is 2.16. The summed E-state index contributed by atoms with van der Waals surface area (Å²) < 4.78 is 9.80. The molecule has 0 fully saturated rings. The number of carbonyl (C=O) groups is 2. The smallest absolute Gasteiger partial charge is 0.421 e. The summed E-state index contributed by atoms with van der Waals surface area (Å²) in [6.45, 7) is 1.38. The van der Waals surface area contributed by atoms with Crippen LogP contribution in [0.25, 0.3) is 0 Å². The van der Waals surface area contributed by atoms with E-state index in [1.54, 1.807) is 36.4 Å². The van der Waals surface area contributed by atoms with Crippen molar-refractivity contribution in [1.82, 2.24) is 4.98 Å². The number of esters is 1. The quantitative estimate of drug-likeness (QED) is 0.287. The third-order valence-electron chi connectivity index (χ3n) is 2.83. The summed E-state index contributed by atoms with van der Waals surface area (Å²) in [6, 6.07) is 11.3. The number of aliphatic imine (C=N–C) groups is 1. The van der Waals surface area contributed by atoms with Crippen LogP contribution in [0.5, 0.6) is 0 Å². The molecule has 0 radical (unpaired) electrons. The Hall–Kier alpha value is -3.42. The van der Waals surface area contributed by atoms with Crippen LogP contribution >= 0.6 is 0 Å². The highest BCUT2D eigenvalue weighted by Crippen LogP contribution is 2.07. The number of hydrogen-bond donors (Lipinski definition) is 2. The molecule has 1 atom stereocenters. The molecule has 2 rings (SSSR count). The molecular formula is C16H16N4O4. The number of pyridine rings is 1. The van der Waals surface area contributed by atoms with Crippen molar-refractivity contribution in [3.05, 3.63) is 59.9 Å². The maximum atomic E-state index is 11.8. The van der Waals surface area contributed by atoms with Crippen LogP contribution in [0, 0.1) is 0 Å². The van der Waals surface area contributed by atoms with Gasteiger partial charge in [-0.25, -0.2) is 14.6 Å². The largest absolute Gasteiger partial charge is 0.438 e. The van der Waals surface area contributed by atoms with Crippen LogP contribution in [0.15, 0.2) is 53.7 Å². The van der Waals surface area contributed by atoms with E-state index in [1.165, 1.54) is 19.2 Å². The molecule has 2 aromatic rings. The first-order chi connectivity index (χ1) is 11.5. The van der Waals surface area contributed by atoms with Gasteiger partial charge in [0.05, 0.1) is 0 Å². The van der Waals surface area contributed by atoms with Crippen molar-refractivity contribution in [2.24, 2.45) is 10.7 Å². The number of hydrogen-bond acceptors (Lipinski definition) is 6. The fraction of sp³-hybridized carbons (Fsp3) is 0.125. The third kappa shape index (κ3) is 4.80. The fourth-order valence-corrected chi connectivity index (χ4v) is 1.70. The van der Waals surface area contributed by atoms with Crippen molar-refractivity contribution in [3.63, 3.8) is 0 Å². The second-order valence-corrected chi connectivity index (χ2v) is 4.69. The van der Waals surface area contributed by atoms with Gasteiger partial charge in [0.2, 0.25) is 6.29 Å². The van der Waals surface area contributed by atoms with Crippen LogP contribution in [0.2, 0.25) is 0 Å². The monoisotopic (exact) mass is 328 g/mol. The molecule has 0 aliphatic rings. The number of anilines is 1. The minimum Gasteiger partial charge on any atom is -0.421 e. The standard InChI is InChI=1S/C16H16N4O4/c1-10(23-15(21)13-4-2-3-9-19-13)24-16(22)20-14(18)11-5-7-12(17)8-6-11/h2-10H,17H2,1H3,(H2,18,20,22). The molecule has 0 aliphatic heterocycles. The van der Waals surface area contributed by atoms with Gasteiger partial charge in [-0.3, -0.25) is 0 Å². The number of carbonyl (C=O) groups excluding carboxylic acids is 2. The van der Waals surface area contributed by atoms with Crippen molar-refractivity contribution in [2.75, 3.05) is 5.73 Å². The maximum absolute atomic E-state index is 11.8. The Bertz CT molecular complexity index is 744. The number of amides is 1. The van der Waals surface area contributed by atoms with Crippen LogP contribution in [-0.4, -0.2) is 29.2 Å². The van der Waals surface area contributed by atoms with Gasteiger partial charge in [-0.2, -0.15) is 4.99 Å². The van der Waals surface area contributed by atoms with Crippen LogP contribution in [-0.2, 0) is 9.47 Å². The molecule has 1 amide bonds. The Morgan fingerprint density at radius 2 is 1.83 bits per heavy atom. The van der Waals surface area contributed by atoms with Crippen molar-refractivity contribution in [1.29, 1.82) is 0 Å². The van der Waals surface area contributed by atoms with E-state index < -0.39 is 18.4 Å². The first kappa shape index (κ1) is 16.9. The number of nitrogens with two attached hydrogens (primary N) is 2. The molecule has 0 saturated carbocycles. The molecule has 8 nitrogen and oxygen atoms in total. The van der Waals surface area contributed by atoms with E-state index in [9.17, 15) is 9.59 Å². The van der Waals surface area contributed by atoms with Crippen molar-refractivity contribution >= 4 is 23.6 Å². The molecule has 1 aromatic heterocycles. The normalized spacial score (nSPS) is 12.3. The van der Waals surface area contributed by atoms with Crippen molar-refractivity contribution < 1.29 is 19.1 Å². The predicted octanol–water partition coefficient (Wildman–Crippen LogP) is 1.71. The number of amidine groups is 1. The lowest BCUT2D eigenvalue weighted by Crippen LogP contribution is -2.23. The fourth-order valence-electron chi connectivity index (χ4n) is 1.70. The highest BCUT2D eigenvalue weighted by atomic mass is 16.7. The Labute approximate surface area is 138 Å². The first-order valence-electron chi connectivity index (χ1n) is 6.98. The van der Waals surface area contributed by atoms with Gasteiger partial charge >= 0.3 is 12.1 Å². The summed E-state index contributed by atoms with van der Waals surface area (Å²) in [5.74, 6) is -0.755. The summed E-state index contributed by atoms with van der Waals surface area (Å²) in [4.78, 5) is 30.9. The average Bonchev–Trinajstić information content (AvgIpc) is 2.55. The van der Waals surface area contributed by atoms with Crippen LogP contribution < -0.4 is 11.5 Å². The van der Waals surface area contributed by atoms with Crippen LogP contribution in [0.3, 0.4) is 0 Å². The highest BCUT2D eigenvalue weighted by molar-refractivity contribution is 6.02. The lowest BCUT2D eigenvalue weighted by molar-refractivity contribution is -0.0578. The summed E-state index contributed by atoms with van der Waals surface area (Å²) >= 11 is 0. The molecule has 24 heavy (non-hydrogen) atoms. The number of rotatable bonds is 4. The van der Waals surface area contributed by atoms with Gasteiger partial charge in [0.1, 0.15) is 11.5 Å². The summed E-state index contributed by atoms with van der Waals surface area (Å²) in [7, 11) is 0. The van der Waals surface area contributed by atoms with E-state index in [1.807, 2.05) is 0 Å². The SMILES string of the molecule is CC(OC(=O)N=C(N)c1ccc(N)cc1)OC(=O)c1ccccn1. The van der Waals surface area contributed by atoms with Gasteiger partial charge in [-0.1, -0.05) is 6.07 Å². The minimum absolute atomic E-state index is 0.0387. The maximum Gasteiger partial charge on any atom is 0.438 e. The zero-order chi connectivity index (χ0) is 17.5. The summed E-state index contributed by atoms with van der Waals surface area (Å²) in [6.07, 6.45) is -0.675. The zero-order valence-corrected chi connectivity index (χ0v) is 12.9. The predicted molar refractivity (Wildman–Crippen MR) is 87.2 cm³/mol. The topological polar surface area (TPSA) is 130 Å². The van der Waals surface area contributed by atoms with E-state index in [-0.39, 0.29) is 11.5 Å². The Balaban J connectivity index is 1.92. The molecule has 1 aromatic carbocycles. The number of ether oxygens (including phenoxy) is 2. The molecule has 124 valence electrons. The molecule has 8 heteroatoms. The Morgan fingerprint density at radius 1 is 1.12 bits per heavy atom. The third-order valence-corrected chi connectivity index (χ3v) is 2.83. The van der Waals surface area contributed by atoms with E-state index in [4.69, 9.17) is 20.9 Å². The van der Waals surface area contributed by atoms with Gasteiger partial charge in [0.15, 0.2) is 0 Å². The second-order valence-electron chi connectivity index (χ2n) is 4.69. The lowest BCUT2D eigenvalue weighted by atomic mass is 10.2. The number of aromatic nitrogens is 1. The van der Waals surface area contributed by atoms with E-state index in [0.717, 1.165) is 0 Å². The van der Waals surface area contributed by atoms with Crippen LogP contribution in [0.1, 0.15) is 23.0 Å². The van der Waals surface area contributed by atoms with E-state index in [2.05, 4.69) is 9.98 Å². The molecular weight excluding hydrogens is 312 g/mol.